The summed E-state index contributed by atoms with van der Waals surface area (Å²) in [6, 6.07) is 8.70. The molecule has 0 saturated heterocycles. The number of anilines is 1. The van der Waals surface area contributed by atoms with Crippen LogP contribution in [0.4, 0.5) is 11.4 Å². The molecule has 1 radical (unpaired) electrons. The van der Waals surface area contributed by atoms with E-state index in [1.54, 1.807) is 0 Å². The summed E-state index contributed by atoms with van der Waals surface area (Å²) < 4.78 is 0. The third kappa shape index (κ3) is 0.778. The maximum Gasteiger partial charge on any atom is 0.0858 e. The Labute approximate surface area is 59.6 Å². The normalized spacial score (nSPS) is 14.0. The van der Waals surface area contributed by atoms with Gasteiger partial charge in [-0.3, -0.25) is 4.99 Å². The van der Waals surface area contributed by atoms with Crippen LogP contribution in [0.2, 0.25) is 0 Å². The van der Waals surface area contributed by atoms with Crippen molar-refractivity contribution in [2.45, 2.75) is 0 Å². The average Bonchev–Trinajstić information content (AvgIpc) is 2.05. The molecule has 1 heterocycles. The smallest absolute Gasteiger partial charge is 0.0858 e. The van der Waals surface area contributed by atoms with Crippen molar-refractivity contribution >= 4 is 17.6 Å². The number of nitrogens with zero attached hydrogens (tertiary/aromatic N) is 1. The second-order valence-electron chi connectivity index (χ2n) is 2.14. The van der Waals surface area contributed by atoms with Gasteiger partial charge in [0.05, 0.1) is 17.9 Å². The Morgan fingerprint density at radius 3 is 3.50 bits per heavy atom. The van der Waals surface area contributed by atoms with Crippen LogP contribution < -0.4 is 5.32 Å². The Balaban J connectivity index is 2.54. The minimum atomic E-state index is 0.824. The molecule has 2 rings (SSSR count). The Bertz CT molecular complexity index is 266. The van der Waals surface area contributed by atoms with Gasteiger partial charge in [-0.1, -0.05) is 6.07 Å². The first-order valence-electron chi connectivity index (χ1n) is 3.23. The highest BCUT2D eigenvalue weighted by atomic mass is 14.9. The van der Waals surface area contributed by atoms with Crippen molar-refractivity contribution in [3.8, 4) is 0 Å². The van der Waals surface area contributed by atoms with Crippen LogP contribution in [-0.4, -0.2) is 12.8 Å². The molecule has 2 nitrogen and oxygen atoms in total. The lowest BCUT2D eigenvalue weighted by Crippen LogP contribution is -2.05. The second kappa shape index (κ2) is 2.14. The highest BCUT2D eigenvalue weighted by molar-refractivity contribution is 5.79. The van der Waals surface area contributed by atoms with E-state index in [0.29, 0.717) is 0 Å². The fraction of sp³-hybridized carbons (Fsp3) is 0.125. The first kappa shape index (κ1) is 5.47. The molecule has 1 aromatic rings. The number of rotatable bonds is 0. The molecule has 1 aliphatic rings. The van der Waals surface area contributed by atoms with Crippen LogP contribution in [-0.2, 0) is 0 Å². The maximum atomic E-state index is 4.19. The monoisotopic (exact) mass is 131 g/mol. The van der Waals surface area contributed by atoms with Gasteiger partial charge in [0.2, 0.25) is 0 Å². The third-order valence-electron chi connectivity index (χ3n) is 1.46. The van der Waals surface area contributed by atoms with Gasteiger partial charge in [0, 0.05) is 6.21 Å². The number of nitrogens with one attached hydrogen (secondary N) is 1. The molecular weight excluding hydrogens is 124 g/mol. The van der Waals surface area contributed by atoms with Gasteiger partial charge in [-0.05, 0) is 18.2 Å². The predicted octanol–water partition coefficient (Wildman–Crippen LogP) is 1.61. The molecule has 1 aliphatic heterocycles. The van der Waals surface area contributed by atoms with Gasteiger partial charge in [-0.15, -0.1) is 0 Å². The maximum absolute atomic E-state index is 4.19. The summed E-state index contributed by atoms with van der Waals surface area (Å²) in [5.41, 5.74) is 2.08. The summed E-state index contributed by atoms with van der Waals surface area (Å²) in [6.45, 7) is 0.824. The second-order valence-corrected chi connectivity index (χ2v) is 2.14. The molecule has 0 unspecified atom stereocenters. The molecule has 0 amide bonds. The summed E-state index contributed by atoms with van der Waals surface area (Å²) in [6.07, 6.45) is 1.86. The van der Waals surface area contributed by atoms with E-state index in [-0.39, 0.29) is 0 Å². The van der Waals surface area contributed by atoms with Crippen LogP contribution in [0.25, 0.3) is 0 Å². The lowest BCUT2D eigenvalue weighted by molar-refractivity contribution is 1.33. The Hall–Kier alpha value is -1.31. The van der Waals surface area contributed by atoms with Gasteiger partial charge < -0.3 is 5.32 Å². The number of hydrogen-bond acceptors (Lipinski definition) is 2. The van der Waals surface area contributed by atoms with Gasteiger partial charge in [0.25, 0.3) is 0 Å². The lowest BCUT2D eigenvalue weighted by atomic mass is 10.2. The van der Waals surface area contributed by atoms with Gasteiger partial charge in [0.15, 0.2) is 0 Å². The summed E-state index contributed by atoms with van der Waals surface area (Å²) in [7, 11) is 0. The minimum Gasteiger partial charge on any atom is -0.378 e. The molecular formula is C8H7N2. The van der Waals surface area contributed by atoms with Crippen molar-refractivity contribution in [2.75, 3.05) is 11.9 Å². The van der Waals surface area contributed by atoms with E-state index >= 15 is 0 Å². The van der Waals surface area contributed by atoms with Crippen molar-refractivity contribution < 1.29 is 0 Å². The van der Waals surface area contributed by atoms with E-state index in [1.807, 2.05) is 24.4 Å². The molecule has 0 bridgehead atoms. The van der Waals surface area contributed by atoms with E-state index in [2.05, 4.69) is 16.4 Å². The zero-order chi connectivity index (χ0) is 6.81. The lowest BCUT2D eigenvalue weighted by Gasteiger charge is -2.09. The largest absolute Gasteiger partial charge is 0.378 e. The standard InChI is InChI=1S/C8H7N2/c1-2-4-8-7(3-1)9-5-6-10-8/h1,3-5,10H,6H2. The number of benzene rings is 1. The van der Waals surface area contributed by atoms with Gasteiger partial charge in [0.1, 0.15) is 0 Å². The fourth-order valence-electron chi connectivity index (χ4n) is 0.976. The summed E-state index contributed by atoms with van der Waals surface area (Å²) >= 11 is 0. The van der Waals surface area contributed by atoms with E-state index < -0.39 is 0 Å². The first-order chi connectivity index (χ1) is 4.97. The number of fused-ring (bicyclic) bond motifs is 1. The Morgan fingerprint density at radius 2 is 2.60 bits per heavy atom. The van der Waals surface area contributed by atoms with Crippen molar-refractivity contribution in [3.63, 3.8) is 0 Å². The van der Waals surface area contributed by atoms with E-state index in [0.717, 1.165) is 17.9 Å². The topological polar surface area (TPSA) is 24.4 Å². The van der Waals surface area contributed by atoms with Crippen LogP contribution in [0, 0.1) is 6.07 Å². The van der Waals surface area contributed by atoms with Gasteiger partial charge in [-0.25, -0.2) is 0 Å². The first-order valence-corrected chi connectivity index (χ1v) is 3.23. The van der Waals surface area contributed by atoms with Crippen LogP contribution >= 0.6 is 0 Å². The van der Waals surface area contributed by atoms with Crippen molar-refractivity contribution in [3.05, 3.63) is 24.3 Å². The minimum absolute atomic E-state index is 0.824. The highest BCUT2D eigenvalue weighted by Gasteiger charge is 2.00. The SMILES string of the molecule is [c]1ccc2c(c1)NCC=N2. The highest BCUT2D eigenvalue weighted by Crippen LogP contribution is 2.24. The van der Waals surface area contributed by atoms with E-state index in [9.17, 15) is 0 Å². The molecule has 0 saturated carbocycles. The average molecular weight is 131 g/mol. The fourth-order valence-corrected chi connectivity index (χ4v) is 0.976. The number of aliphatic imine (C=N–C) groups is 1. The van der Waals surface area contributed by atoms with E-state index in [1.165, 1.54) is 0 Å². The molecule has 0 aromatic heterocycles. The zero-order valence-electron chi connectivity index (χ0n) is 5.46. The van der Waals surface area contributed by atoms with E-state index in [4.69, 9.17) is 0 Å². The molecule has 1 N–H and O–H groups in total. The molecule has 10 heavy (non-hydrogen) atoms. The Kier molecular flexibility index (Phi) is 1.17. The van der Waals surface area contributed by atoms with Crippen molar-refractivity contribution in [2.24, 2.45) is 4.99 Å². The van der Waals surface area contributed by atoms with Gasteiger partial charge in [-0.2, -0.15) is 0 Å². The van der Waals surface area contributed by atoms with Crippen molar-refractivity contribution in [1.29, 1.82) is 0 Å². The molecule has 1 aromatic carbocycles. The molecule has 0 aliphatic carbocycles. The number of hydrogen-bond donors (Lipinski definition) is 1. The van der Waals surface area contributed by atoms with Crippen LogP contribution in [0.15, 0.2) is 23.2 Å². The van der Waals surface area contributed by atoms with Gasteiger partial charge >= 0.3 is 0 Å². The molecule has 0 spiro atoms. The molecule has 0 fully saturated rings. The summed E-state index contributed by atoms with van der Waals surface area (Å²) in [5.74, 6) is 0. The summed E-state index contributed by atoms with van der Waals surface area (Å²) in [4.78, 5) is 4.19. The third-order valence-corrected chi connectivity index (χ3v) is 1.46. The van der Waals surface area contributed by atoms with Crippen LogP contribution in [0.3, 0.4) is 0 Å². The quantitative estimate of drug-likeness (QED) is 0.568. The predicted molar refractivity (Wildman–Crippen MR) is 41.9 cm³/mol. The zero-order valence-corrected chi connectivity index (χ0v) is 5.46. The van der Waals surface area contributed by atoms with Crippen molar-refractivity contribution in [1.82, 2.24) is 0 Å². The summed E-state index contributed by atoms with van der Waals surface area (Å²) in [5, 5.41) is 3.18. The molecule has 0 atom stereocenters. The Morgan fingerprint density at radius 1 is 1.60 bits per heavy atom. The van der Waals surface area contributed by atoms with Crippen LogP contribution in [0.1, 0.15) is 0 Å². The molecule has 49 valence electrons. The molecule has 2 heteroatoms. The van der Waals surface area contributed by atoms with Crippen LogP contribution in [0.5, 0.6) is 0 Å².